The maximum Gasteiger partial charge on any atom is 0.124 e. The molecule has 0 saturated carbocycles. The van der Waals surface area contributed by atoms with Crippen LogP contribution in [0.25, 0.3) is 0 Å². The van der Waals surface area contributed by atoms with Crippen molar-refractivity contribution in [3.8, 4) is 0 Å². The molecule has 0 aromatic heterocycles. The van der Waals surface area contributed by atoms with E-state index in [1.54, 1.807) is 6.08 Å². The van der Waals surface area contributed by atoms with E-state index in [1.165, 1.54) is 0 Å². The fourth-order valence-electron chi connectivity index (χ4n) is 4.05. The van der Waals surface area contributed by atoms with Crippen LogP contribution in [0.1, 0.15) is 27.7 Å². The van der Waals surface area contributed by atoms with Crippen molar-refractivity contribution in [2.45, 2.75) is 31.7 Å². The molecule has 0 fully saturated rings. The summed E-state index contributed by atoms with van der Waals surface area (Å²) in [6, 6.07) is 38.0. The summed E-state index contributed by atoms with van der Waals surface area (Å²) < 4.78 is 43.5. The minimum atomic E-state index is -0.840. The summed E-state index contributed by atoms with van der Waals surface area (Å²) in [5.74, 6) is 0.390. The zero-order valence-corrected chi connectivity index (χ0v) is 18.9. The van der Waals surface area contributed by atoms with Gasteiger partial charge in [-0.05, 0) is 52.3 Å². The first-order valence-electron chi connectivity index (χ1n) is 13.9. The first kappa shape index (κ1) is 17.6. The van der Waals surface area contributed by atoms with E-state index >= 15 is 0 Å². The van der Waals surface area contributed by atoms with Gasteiger partial charge in [-0.1, -0.05) is 121 Å². The molecule has 5 unspecified atom stereocenters. The summed E-state index contributed by atoms with van der Waals surface area (Å²) in [7, 11) is 0. The molecule has 1 aliphatic heterocycles. The van der Waals surface area contributed by atoms with Crippen molar-refractivity contribution < 1.29 is 10.2 Å². The number of benzene rings is 4. The highest BCUT2D eigenvalue weighted by atomic mass is 16.5. The first-order chi connectivity index (χ1) is 18.5. The lowest BCUT2D eigenvalue weighted by molar-refractivity contribution is 0.132. The maximum absolute atomic E-state index is 9.34. The molecule has 1 heterocycles. The number of rotatable bonds is 8. The van der Waals surface area contributed by atoms with E-state index in [-0.39, 0.29) is 0 Å². The molecule has 5 rings (SSSR count). The van der Waals surface area contributed by atoms with Crippen molar-refractivity contribution in [1.82, 2.24) is 0 Å². The molecule has 0 spiro atoms. The van der Waals surface area contributed by atoms with Crippen LogP contribution in [-0.2, 0) is 30.3 Å². The molecule has 34 heavy (non-hydrogen) atoms. The van der Waals surface area contributed by atoms with Crippen LogP contribution in [-0.4, -0.2) is 6.10 Å². The lowest BCUT2D eigenvalue weighted by atomic mass is 9.86. The molecule has 1 aliphatic rings. The van der Waals surface area contributed by atoms with Crippen molar-refractivity contribution in [2.24, 2.45) is 0 Å². The zero-order valence-electron chi connectivity index (χ0n) is 22.9. The van der Waals surface area contributed by atoms with E-state index < -0.39 is 31.7 Å². The highest BCUT2D eigenvalue weighted by Gasteiger charge is 2.26. The Morgan fingerprint density at radius 3 is 1.50 bits per heavy atom. The van der Waals surface area contributed by atoms with E-state index in [1.807, 2.05) is 121 Å². The molecule has 1 heteroatoms. The zero-order chi connectivity index (χ0) is 26.5. The Kier molecular flexibility index (Phi) is 5.62. The Hall–Kier alpha value is -3.84. The number of hydrogen-bond acceptors (Lipinski definition) is 1. The van der Waals surface area contributed by atoms with Crippen LogP contribution in [0, 0.1) is 0 Å². The van der Waals surface area contributed by atoms with Crippen molar-refractivity contribution in [1.29, 1.82) is 0 Å². The maximum atomic E-state index is 9.34. The third-order valence-corrected chi connectivity index (χ3v) is 5.70. The quantitative estimate of drug-likeness (QED) is 0.272. The van der Waals surface area contributed by atoms with Crippen molar-refractivity contribution in [3.05, 3.63) is 167 Å². The van der Waals surface area contributed by atoms with E-state index in [9.17, 15) is 4.11 Å². The summed E-state index contributed by atoms with van der Waals surface area (Å²) in [4.78, 5) is 0. The summed E-state index contributed by atoms with van der Waals surface area (Å²) in [6.45, 7) is 0. The fourth-order valence-corrected chi connectivity index (χ4v) is 4.05. The van der Waals surface area contributed by atoms with Gasteiger partial charge in [0.05, 0.1) is 0 Å². The minimum Gasteiger partial charge on any atom is -0.490 e. The van der Waals surface area contributed by atoms with Gasteiger partial charge < -0.3 is 4.74 Å². The predicted molar refractivity (Wildman–Crippen MR) is 141 cm³/mol. The molecule has 4 aromatic rings. The summed E-state index contributed by atoms with van der Waals surface area (Å²) in [6.07, 6.45) is -2.33. The molecule has 0 N–H and O–H groups in total. The van der Waals surface area contributed by atoms with Crippen LogP contribution >= 0.6 is 0 Å². The molecular formula is C33H30O. The summed E-state index contributed by atoms with van der Waals surface area (Å²) >= 11 is 0. The van der Waals surface area contributed by atoms with Crippen LogP contribution < -0.4 is 0 Å². The Balaban J connectivity index is 1.70. The van der Waals surface area contributed by atoms with Gasteiger partial charge in [0.15, 0.2) is 0 Å². The minimum absolute atomic E-state index is 0.390. The van der Waals surface area contributed by atoms with Crippen LogP contribution in [0.15, 0.2) is 144 Å². The highest BCUT2D eigenvalue weighted by Crippen LogP contribution is 2.32. The monoisotopic (exact) mass is 446 g/mol. The van der Waals surface area contributed by atoms with Gasteiger partial charge in [-0.25, -0.2) is 0 Å². The second kappa shape index (κ2) is 10.9. The van der Waals surface area contributed by atoms with Gasteiger partial charge in [0.1, 0.15) is 11.9 Å². The van der Waals surface area contributed by atoms with Gasteiger partial charge in [-0.3, -0.25) is 0 Å². The van der Waals surface area contributed by atoms with Crippen LogP contribution in [0.3, 0.4) is 0 Å². The molecule has 168 valence electrons. The molecule has 4 aromatic carbocycles. The predicted octanol–water partition coefficient (Wildman–Crippen LogP) is 7.54. The molecule has 5 atom stereocenters. The van der Waals surface area contributed by atoms with E-state index in [4.69, 9.17) is 6.11 Å². The van der Waals surface area contributed by atoms with Crippen LogP contribution in [0.5, 0.6) is 0 Å². The average Bonchev–Trinajstić information content (AvgIpc) is 3.00. The molecule has 0 amide bonds. The third-order valence-electron chi connectivity index (χ3n) is 5.70. The lowest BCUT2D eigenvalue weighted by Crippen LogP contribution is -2.26. The number of allylic oxidation sites excluding steroid dienone is 3. The number of ether oxygens (including phenoxy) is 1. The molecular weight excluding hydrogens is 412 g/mol. The van der Waals surface area contributed by atoms with Gasteiger partial charge in [0.2, 0.25) is 0 Å². The Morgan fingerprint density at radius 2 is 0.971 bits per heavy atom. The second-order valence-corrected chi connectivity index (χ2v) is 8.24. The van der Waals surface area contributed by atoms with Gasteiger partial charge >= 0.3 is 0 Å². The second-order valence-electron chi connectivity index (χ2n) is 8.24. The Bertz CT molecular complexity index is 1390. The average molecular weight is 447 g/mol. The fraction of sp³-hybridized carbons (Fsp3) is 0.152. The summed E-state index contributed by atoms with van der Waals surface area (Å²) in [5, 5.41) is 0. The summed E-state index contributed by atoms with van der Waals surface area (Å²) in [5.41, 5.74) is 4.31. The smallest absolute Gasteiger partial charge is 0.124 e. The van der Waals surface area contributed by atoms with Gasteiger partial charge in [0.25, 0.3) is 0 Å². The van der Waals surface area contributed by atoms with Crippen LogP contribution in [0.2, 0.25) is 0 Å². The Morgan fingerprint density at radius 1 is 0.529 bits per heavy atom. The third kappa shape index (κ3) is 5.74. The normalized spacial score (nSPS) is 20.9. The number of hydrogen-bond donors (Lipinski definition) is 0. The lowest BCUT2D eigenvalue weighted by Gasteiger charge is -2.31. The molecule has 0 radical (unpaired) electrons. The van der Waals surface area contributed by atoms with Gasteiger partial charge in [0, 0.05) is 18.3 Å². The standard InChI is InChI=1S/C33H30O/c1-5-13-26(14-6-1)21-30-25-31(22-27-15-7-2-8-16-27)34-33(24-29-19-11-4-12-20-29)32(30)23-28-17-9-3-10-18-28/h1-20,25,33H,21-24H2/i21D,22D,23D,24D. The Labute approximate surface area is 208 Å². The van der Waals surface area contributed by atoms with Crippen molar-refractivity contribution in [2.75, 3.05) is 0 Å². The van der Waals surface area contributed by atoms with Crippen molar-refractivity contribution >= 4 is 0 Å². The molecule has 0 aliphatic carbocycles. The van der Waals surface area contributed by atoms with Crippen molar-refractivity contribution in [3.63, 3.8) is 0 Å². The SMILES string of the molecule is [2H]C(C1=CC(C([2H])c2ccccc2)=C(C([2H])c2ccccc2)C(C([2H])c2ccccc2)O1)c1ccccc1. The van der Waals surface area contributed by atoms with Gasteiger partial charge in [-0.15, -0.1) is 0 Å². The molecule has 0 saturated heterocycles. The van der Waals surface area contributed by atoms with E-state index in [2.05, 4.69) is 0 Å². The first-order valence-corrected chi connectivity index (χ1v) is 11.6. The van der Waals surface area contributed by atoms with E-state index in [0.717, 1.165) is 22.3 Å². The molecule has 1 nitrogen and oxygen atoms in total. The largest absolute Gasteiger partial charge is 0.490 e. The molecule has 0 bridgehead atoms. The van der Waals surface area contributed by atoms with Gasteiger partial charge in [-0.2, -0.15) is 0 Å². The highest BCUT2D eigenvalue weighted by molar-refractivity contribution is 5.42. The topological polar surface area (TPSA) is 9.23 Å². The van der Waals surface area contributed by atoms with Crippen LogP contribution in [0.4, 0.5) is 0 Å². The van der Waals surface area contributed by atoms with E-state index in [0.29, 0.717) is 16.9 Å².